The molecule has 0 aromatic carbocycles. The van der Waals surface area contributed by atoms with Crippen LogP contribution in [0.5, 0.6) is 0 Å². The molecule has 6 heteroatoms. The molecule has 0 radical (unpaired) electrons. The zero-order valence-electron chi connectivity index (χ0n) is 7.11. The Morgan fingerprint density at radius 1 is 1.75 bits per heavy atom. The first-order valence-electron chi connectivity index (χ1n) is 3.39. The predicted molar refractivity (Wildman–Crippen MR) is 57.5 cm³/mol. The molecule has 0 aliphatic carbocycles. The SMILES string of the molecule is CN=c1sc(Br)nn1C(C)SC. The van der Waals surface area contributed by atoms with E-state index in [4.69, 9.17) is 0 Å². The van der Waals surface area contributed by atoms with Crippen molar-refractivity contribution in [1.29, 1.82) is 0 Å². The van der Waals surface area contributed by atoms with Crippen LogP contribution in [0.4, 0.5) is 0 Å². The number of halogens is 1. The van der Waals surface area contributed by atoms with Crippen molar-refractivity contribution in [3.63, 3.8) is 0 Å². The summed E-state index contributed by atoms with van der Waals surface area (Å²) in [5.74, 6) is 0. The molecule has 0 N–H and O–H groups in total. The normalized spacial score (nSPS) is 15.2. The van der Waals surface area contributed by atoms with Gasteiger partial charge in [0.1, 0.15) is 0 Å². The van der Waals surface area contributed by atoms with Crippen LogP contribution in [0.3, 0.4) is 0 Å². The molecular weight excluding hydrogens is 258 g/mol. The van der Waals surface area contributed by atoms with Gasteiger partial charge in [-0.05, 0) is 29.1 Å². The Labute approximate surface area is 88.0 Å². The zero-order chi connectivity index (χ0) is 9.14. The second-order valence-corrected chi connectivity index (χ2v) is 5.53. The summed E-state index contributed by atoms with van der Waals surface area (Å²) >= 11 is 6.63. The van der Waals surface area contributed by atoms with Gasteiger partial charge in [-0.3, -0.25) is 4.99 Å². The van der Waals surface area contributed by atoms with E-state index in [9.17, 15) is 0 Å². The number of hydrogen-bond donors (Lipinski definition) is 0. The monoisotopic (exact) mass is 267 g/mol. The predicted octanol–water partition coefficient (Wildman–Crippen LogP) is 2.12. The van der Waals surface area contributed by atoms with Crippen molar-refractivity contribution < 1.29 is 0 Å². The summed E-state index contributed by atoms with van der Waals surface area (Å²) in [7, 11) is 1.78. The molecule has 0 saturated heterocycles. The molecule has 1 heterocycles. The minimum absolute atomic E-state index is 0.339. The number of thioether (sulfide) groups is 1. The van der Waals surface area contributed by atoms with E-state index >= 15 is 0 Å². The summed E-state index contributed by atoms with van der Waals surface area (Å²) in [6.07, 6.45) is 2.06. The molecule has 68 valence electrons. The quantitative estimate of drug-likeness (QED) is 0.822. The Morgan fingerprint density at radius 3 is 2.92 bits per heavy atom. The fraction of sp³-hybridized carbons (Fsp3) is 0.667. The Kier molecular flexibility index (Phi) is 3.79. The van der Waals surface area contributed by atoms with Gasteiger partial charge in [0, 0.05) is 7.05 Å². The van der Waals surface area contributed by atoms with E-state index < -0.39 is 0 Å². The van der Waals surface area contributed by atoms with E-state index in [1.165, 1.54) is 0 Å². The molecule has 0 aliphatic heterocycles. The van der Waals surface area contributed by atoms with E-state index in [-0.39, 0.29) is 0 Å². The van der Waals surface area contributed by atoms with Crippen LogP contribution >= 0.6 is 39.0 Å². The highest BCUT2D eigenvalue weighted by atomic mass is 79.9. The first-order valence-corrected chi connectivity index (χ1v) is 6.29. The third kappa shape index (κ3) is 2.11. The number of rotatable bonds is 2. The molecule has 0 bridgehead atoms. The molecule has 0 saturated carbocycles. The van der Waals surface area contributed by atoms with E-state index in [1.54, 1.807) is 30.1 Å². The van der Waals surface area contributed by atoms with Crippen LogP contribution in [0, 0.1) is 0 Å². The second-order valence-electron chi connectivity index (χ2n) is 2.14. The Balaban J connectivity index is 3.14. The molecule has 1 aromatic rings. The van der Waals surface area contributed by atoms with Crippen LogP contribution in [-0.2, 0) is 0 Å². The summed E-state index contributed by atoms with van der Waals surface area (Å²) in [6.45, 7) is 2.10. The van der Waals surface area contributed by atoms with Gasteiger partial charge in [0.2, 0.25) is 4.80 Å². The Hall–Kier alpha value is 0.190. The summed E-state index contributed by atoms with van der Waals surface area (Å²) in [6, 6.07) is 0. The topological polar surface area (TPSA) is 30.2 Å². The molecule has 1 rings (SSSR count). The van der Waals surface area contributed by atoms with Crippen molar-refractivity contribution in [2.75, 3.05) is 13.3 Å². The maximum atomic E-state index is 4.29. The van der Waals surface area contributed by atoms with Crippen molar-refractivity contribution in [2.45, 2.75) is 12.3 Å². The molecule has 12 heavy (non-hydrogen) atoms. The van der Waals surface area contributed by atoms with Gasteiger partial charge in [-0.1, -0.05) is 11.3 Å². The molecule has 1 aromatic heterocycles. The molecule has 1 unspecified atom stereocenters. The third-order valence-corrected chi connectivity index (χ3v) is 3.76. The van der Waals surface area contributed by atoms with Crippen LogP contribution in [-0.4, -0.2) is 23.1 Å². The lowest BCUT2D eigenvalue weighted by atomic mass is 10.7. The van der Waals surface area contributed by atoms with Crippen molar-refractivity contribution in [3.8, 4) is 0 Å². The minimum atomic E-state index is 0.339. The number of nitrogens with zero attached hydrogens (tertiary/aromatic N) is 3. The first kappa shape index (κ1) is 10.3. The average Bonchev–Trinajstić information content (AvgIpc) is 2.45. The highest BCUT2D eigenvalue weighted by molar-refractivity contribution is 9.11. The maximum absolute atomic E-state index is 4.29. The van der Waals surface area contributed by atoms with Crippen LogP contribution < -0.4 is 4.80 Å². The summed E-state index contributed by atoms with van der Waals surface area (Å²) in [5, 5.41) is 4.63. The van der Waals surface area contributed by atoms with Crippen LogP contribution in [0.2, 0.25) is 0 Å². The van der Waals surface area contributed by atoms with Crippen molar-refractivity contribution in [2.24, 2.45) is 4.99 Å². The standard InChI is InChI=1S/C6H10BrN3S2/c1-4(11-3)10-6(8-2)12-5(7)9-10/h4H,1-3H3. The first-order chi connectivity index (χ1) is 5.69. The van der Waals surface area contributed by atoms with Crippen LogP contribution in [0.25, 0.3) is 0 Å². The molecule has 0 aliphatic rings. The zero-order valence-corrected chi connectivity index (χ0v) is 10.3. The van der Waals surface area contributed by atoms with Gasteiger partial charge in [-0.15, -0.1) is 11.8 Å². The van der Waals surface area contributed by atoms with Crippen molar-refractivity contribution in [1.82, 2.24) is 9.78 Å². The fourth-order valence-corrected chi connectivity index (χ4v) is 2.44. The molecule has 0 fully saturated rings. The Bertz CT molecular complexity index is 317. The lowest BCUT2D eigenvalue weighted by Crippen LogP contribution is -2.18. The van der Waals surface area contributed by atoms with Gasteiger partial charge in [0.15, 0.2) is 3.92 Å². The third-order valence-electron chi connectivity index (χ3n) is 1.43. The van der Waals surface area contributed by atoms with Gasteiger partial charge < -0.3 is 0 Å². The highest BCUT2D eigenvalue weighted by Crippen LogP contribution is 2.18. The van der Waals surface area contributed by atoms with Gasteiger partial charge in [-0.25, -0.2) is 4.68 Å². The number of hydrogen-bond acceptors (Lipinski definition) is 4. The smallest absolute Gasteiger partial charge is 0.204 e. The average molecular weight is 268 g/mol. The van der Waals surface area contributed by atoms with E-state index in [2.05, 4.69) is 39.2 Å². The van der Waals surface area contributed by atoms with E-state index in [1.807, 2.05) is 4.68 Å². The summed E-state index contributed by atoms with van der Waals surface area (Å²) in [4.78, 5) is 5.08. The van der Waals surface area contributed by atoms with Gasteiger partial charge in [-0.2, -0.15) is 5.10 Å². The van der Waals surface area contributed by atoms with Crippen LogP contribution in [0.15, 0.2) is 8.91 Å². The minimum Gasteiger partial charge on any atom is -0.261 e. The Morgan fingerprint density at radius 2 is 2.42 bits per heavy atom. The maximum Gasteiger partial charge on any atom is 0.204 e. The molecular formula is C6H10BrN3S2. The second kappa shape index (κ2) is 4.43. The fourth-order valence-electron chi connectivity index (χ4n) is 0.755. The van der Waals surface area contributed by atoms with Crippen molar-refractivity contribution in [3.05, 3.63) is 8.72 Å². The van der Waals surface area contributed by atoms with Crippen LogP contribution in [0.1, 0.15) is 12.3 Å². The number of aromatic nitrogens is 2. The molecule has 1 atom stereocenters. The van der Waals surface area contributed by atoms with Crippen molar-refractivity contribution >= 4 is 39.0 Å². The highest BCUT2D eigenvalue weighted by Gasteiger charge is 2.07. The molecule has 0 amide bonds. The lowest BCUT2D eigenvalue weighted by molar-refractivity contribution is 0.611. The van der Waals surface area contributed by atoms with Gasteiger partial charge in [0.25, 0.3) is 0 Å². The van der Waals surface area contributed by atoms with Gasteiger partial charge >= 0.3 is 0 Å². The van der Waals surface area contributed by atoms with E-state index in [0.29, 0.717) is 5.37 Å². The molecule has 3 nitrogen and oxygen atoms in total. The molecule has 0 spiro atoms. The largest absolute Gasteiger partial charge is 0.261 e. The lowest BCUT2D eigenvalue weighted by Gasteiger charge is -2.06. The summed E-state index contributed by atoms with van der Waals surface area (Å²) < 4.78 is 2.79. The summed E-state index contributed by atoms with van der Waals surface area (Å²) in [5.41, 5.74) is 0. The van der Waals surface area contributed by atoms with E-state index in [0.717, 1.165) is 8.72 Å². The van der Waals surface area contributed by atoms with Gasteiger partial charge in [0.05, 0.1) is 5.37 Å².